The van der Waals surface area contributed by atoms with E-state index in [1.807, 2.05) is 0 Å². The van der Waals surface area contributed by atoms with Gasteiger partial charge < -0.3 is 10.4 Å². The Morgan fingerprint density at radius 3 is 1.81 bits per heavy atom. The van der Waals surface area contributed by atoms with E-state index in [4.69, 9.17) is 0 Å². The van der Waals surface area contributed by atoms with Crippen LogP contribution >= 0.6 is 0 Å². The fourth-order valence-corrected chi connectivity index (χ4v) is 3.17. The van der Waals surface area contributed by atoms with Crippen LogP contribution in [0, 0.1) is 5.92 Å². The van der Waals surface area contributed by atoms with Crippen LogP contribution in [0.1, 0.15) is 77.6 Å². The summed E-state index contributed by atoms with van der Waals surface area (Å²) in [5, 5.41) is 14.4. The van der Waals surface area contributed by atoms with Crippen molar-refractivity contribution in [2.45, 2.75) is 71.8 Å². The first kappa shape index (κ1) is 16.4. The first-order valence-electron chi connectivity index (χ1n) is 8.11. The largest absolute Gasteiger partial charge is 0.507 e. The lowest BCUT2D eigenvalue weighted by atomic mass is 9.77. The van der Waals surface area contributed by atoms with E-state index in [9.17, 15) is 5.11 Å². The van der Waals surface area contributed by atoms with Crippen molar-refractivity contribution in [3.63, 3.8) is 0 Å². The SMILES string of the molecule is CC1CNC(c2cc(C(C)(C)C)c(O)c(C(C)(C)C)c2)C1. The molecule has 1 aliphatic heterocycles. The number of hydrogen-bond acceptors (Lipinski definition) is 2. The number of nitrogens with one attached hydrogen (secondary N) is 1. The van der Waals surface area contributed by atoms with Gasteiger partial charge in [0.05, 0.1) is 0 Å². The molecule has 0 aliphatic carbocycles. The van der Waals surface area contributed by atoms with Gasteiger partial charge in [0.25, 0.3) is 0 Å². The lowest BCUT2D eigenvalue weighted by molar-refractivity contribution is 0.421. The predicted octanol–water partition coefficient (Wildman–Crippen LogP) is 4.66. The fourth-order valence-electron chi connectivity index (χ4n) is 3.17. The van der Waals surface area contributed by atoms with E-state index in [0.29, 0.717) is 11.8 Å². The first-order chi connectivity index (χ1) is 9.50. The number of aromatic hydroxyl groups is 1. The van der Waals surface area contributed by atoms with E-state index < -0.39 is 0 Å². The van der Waals surface area contributed by atoms with Crippen molar-refractivity contribution >= 4 is 0 Å². The molecular weight excluding hydrogens is 258 g/mol. The molecule has 0 saturated carbocycles. The maximum atomic E-state index is 10.8. The van der Waals surface area contributed by atoms with E-state index in [-0.39, 0.29) is 10.8 Å². The maximum Gasteiger partial charge on any atom is 0.123 e. The normalized spacial score (nSPS) is 23.6. The van der Waals surface area contributed by atoms with E-state index in [1.54, 1.807) is 0 Å². The minimum absolute atomic E-state index is 0.0513. The Bertz CT molecular complexity index is 484. The number of rotatable bonds is 1. The van der Waals surface area contributed by atoms with Crippen molar-refractivity contribution in [2.75, 3.05) is 6.54 Å². The molecule has 1 aromatic rings. The zero-order chi connectivity index (χ0) is 16.0. The molecule has 0 amide bonds. The summed E-state index contributed by atoms with van der Waals surface area (Å²) in [6.07, 6.45) is 1.18. The second kappa shape index (κ2) is 5.31. The molecule has 1 aliphatic rings. The van der Waals surface area contributed by atoms with Crippen LogP contribution in [0.25, 0.3) is 0 Å². The summed E-state index contributed by atoms with van der Waals surface area (Å²) in [6, 6.07) is 4.84. The van der Waals surface area contributed by atoms with Crippen molar-refractivity contribution in [1.82, 2.24) is 5.32 Å². The van der Waals surface area contributed by atoms with Gasteiger partial charge in [0.15, 0.2) is 0 Å². The fraction of sp³-hybridized carbons (Fsp3) is 0.684. The van der Waals surface area contributed by atoms with E-state index in [1.165, 1.54) is 12.0 Å². The smallest absolute Gasteiger partial charge is 0.123 e. The van der Waals surface area contributed by atoms with Crippen LogP contribution in [-0.4, -0.2) is 11.7 Å². The summed E-state index contributed by atoms with van der Waals surface area (Å²) in [6.45, 7) is 16.4. The molecule has 2 unspecified atom stereocenters. The predicted molar refractivity (Wildman–Crippen MR) is 90.0 cm³/mol. The highest BCUT2D eigenvalue weighted by molar-refractivity contribution is 5.50. The minimum Gasteiger partial charge on any atom is -0.507 e. The Labute approximate surface area is 130 Å². The Hall–Kier alpha value is -1.02. The second-order valence-electron chi connectivity index (χ2n) is 8.77. The van der Waals surface area contributed by atoms with E-state index in [0.717, 1.165) is 23.6 Å². The number of benzene rings is 1. The number of hydrogen-bond donors (Lipinski definition) is 2. The van der Waals surface area contributed by atoms with Gasteiger partial charge >= 0.3 is 0 Å². The molecule has 2 rings (SSSR count). The standard InChI is InChI=1S/C19H31NO/c1-12-8-16(20-11-12)13-9-14(18(2,3)4)17(21)15(10-13)19(5,6)7/h9-10,12,16,20-21H,8,11H2,1-7H3. The second-order valence-corrected chi connectivity index (χ2v) is 8.77. The monoisotopic (exact) mass is 289 g/mol. The molecule has 1 saturated heterocycles. The summed E-state index contributed by atoms with van der Waals surface area (Å²) in [4.78, 5) is 0. The summed E-state index contributed by atoms with van der Waals surface area (Å²) in [5.41, 5.74) is 3.35. The van der Waals surface area contributed by atoms with Gasteiger partial charge in [-0.1, -0.05) is 48.5 Å². The third-order valence-electron chi connectivity index (χ3n) is 4.50. The summed E-state index contributed by atoms with van der Waals surface area (Å²) < 4.78 is 0. The van der Waals surface area contributed by atoms with Gasteiger partial charge in [-0.15, -0.1) is 0 Å². The third kappa shape index (κ3) is 3.42. The van der Waals surface area contributed by atoms with Gasteiger partial charge in [0.2, 0.25) is 0 Å². The Morgan fingerprint density at radius 1 is 1.00 bits per heavy atom. The molecular formula is C19H31NO. The summed E-state index contributed by atoms with van der Waals surface area (Å²) >= 11 is 0. The van der Waals surface area contributed by atoms with Gasteiger partial charge in [-0.2, -0.15) is 0 Å². The molecule has 0 radical (unpaired) electrons. The van der Waals surface area contributed by atoms with Gasteiger partial charge in [0, 0.05) is 6.04 Å². The molecule has 2 nitrogen and oxygen atoms in total. The van der Waals surface area contributed by atoms with Crippen LogP contribution in [0.3, 0.4) is 0 Å². The van der Waals surface area contributed by atoms with Crippen molar-refractivity contribution in [1.29, 1.82) is 0 Å². The lowest BCUT2D eigenvalue weighted by Crippen LogP contribution is -2.20. The zero-order valence-electron chi connectivity index (χ0n) is 14.7. The van der Waals surface area contributed by atoms with E-state index in [2.05, 4.69) is 65.9 Å². The van der Waals surface area contributed by atoms with Crippen LogP contribution in [0.5, 0.6) is 5.75 Å². The van der Waals surface area contributed by atoms with Gasteiger partial charge in [0.1, 0.15) is 5.75 Å². The Kier molecular flexibility index (Phi) is 4.14. The Morgan fingerprint density at radius 2 is 1.48 bits per heavy atom. The average Bonchev–Trinajstić information content (AvgIpc) is 2.73. The number of phenolic OH excluding ortho intramolecular Hbond substituents is 1. The maximum absolute atomic E-state index is 10.8. The Balaban J connectivity index is 2.57. The quantitative estimate of drug-likeness (QED) is 0.788. The van der Waals surface area contributed by atoms with Crippen LogP contribution in [0.2, 0.25) is 0 Å². The van der Waals surface area contributed by atoms with Gasteiger partial charge in [-0.05, 0) is 58.5 Å². The molecule has 1 heterocycles. The molecule has 2 heteroatoms. The highest BCUT2D eigenvalue weighted by atomic mass is 16.3. The molecule has 2 atom stereocenters. The molecule has 0 spiro atoms. The van der Waals surface area contributed by atoms with Crippen LogP contribution in [0.15, 0.2) is 12.1 Å². The van der Waals surface area contributed by atoms with Gasteiger partial charge in [-0.3, -0.25) is 0 Å². The molecule has 118 valence electrons. The lowest BCUT2D eigenvalue weighted by Gasteiger charge is -2.29. The topological polar surface area (TPSA) is 32.3 Å². The minimum atomic E-state index is -0.0513. The zero-order valence-corrected chi connectivity index (χ0v) is 14.7. The molecule has 0 aromatic heterocycles. The molecule has 1 fully saturated rings. The van der Waals surface area contributed by atoms with Crippen molar-refractivity contribution < 1.29 is 5.11 Å². The van der Waals surface area contributed by atoms with E-state index >= 15 is 0 Å². The van der Waals surface area contributed by atoms with Crippen LogP contribution in [0.4, 0.5) is 0 Å². The number of phenols is 1. The summed E-state index contributed by atoms with van der Waals surface area (Å²) in [5.74, 6) is 1.20. The molecule has 1 aromatic carbocycles. The van der Waals surface area contributed by atoms with Crippen LogP contribution < -0.4 is 5.32 Å². The van der Waals surface area contributed by atoms with Crippen molar-refractivity contribution in [2.24, 2.45) is 5.92 Å². The highest BCUT2D eigenvalue weighted by Gasteiger charge is 2.29. The first-order valence-corrected chi connectivity index (χ1v) is 8.11. The average molecular weight is 289 g/mol. The van der Waals surface area contributed by atoms with Crippen molar-refractivity contribution in [3.05, 3.63) is 28.8 Å². The van der Waals surface area contributed by atoms with Gasteiger partial charge in [-0.25, -0.2) is 0 Å². The van der Waals surface area contributed by atoms with Crippen LogP contribution in [-0.2, 0) is 10.8 Å². The van der Waals surface area contributed by atoms with Crippen molar-refractivity contribution in [3.8, 4) is 5.75 Å². The molecule has 21 heavy (non-hydrogen) atoms. The summed E-state index contributed by atoms with van der Waals surface area (Å²) in [7, 11) is 0. The molecule has 0 bridgehead atoms. The molecule has 2 N–H and O–H groups in total. The highest BCUT2D eigenvalue weighted by Crippen LogP contribution is 2.42. The third-order valence-corrected chi connectivity index (χ3v) is 4.50.